The zero-order chi connectivity index (χ0) is 17.2. The molecule has 4 nitrogen and oxygen atoms in total. The van der Waals surface area contributed by atoms with Crippen molar-refractivity contribution in [3.8, 4) is 0 Å². The average Bonchev–Trinajstić information content (AvgIpc) is 2.49. The summed E-state index contributed by atoms with van der Waals surface area (Å²) in [6.45, 7) is 0. The molecule has 0 saturated heterocycles. The van der Waals surface area contributed by atoms with Crippen LogP contribution in [-0.2, 0) is 9.59 Å². The molecule has 0 aromatic rings. The first-order valence-electron chi connectivity index (χ1n) is 9.56. The van der Waals surface area contributed by atoms with Gasteiger partial charge in [-0.15, -0.1) is 24.8 Å². The molecule has 0 spiro atoms. The number of hydrogen-bond acceptors (Lipinski definition) is 2. The van der Waals surface area contributed by atoms with Crippen LogP contribution in [0.2, 0.25) is 0 Å². The van der Waals surface area contributed by atoms with Crippen LogP contribution in [0.4, 0.5) is 0 Å². The van der Waals surface area contributed by atoms with E-state index in [0.29, 0.717) is 12.8 Å². The molecule has 0 atom stereocenters. The Morgan fingerprint density at radius 1 is 0.400 bits per heavy atom. The van der Waals surface area contributed by atoms with E-state index in [2.05, 4.69) is 0 Å². The number of hydrogen-bond donors (Lipinski definition) is 2. The van der Waals surface area contributed by atoms with E-state index < -0.39 is 11.9 Å². The van der Waals surface area contributed by atoms with Crippen LogP contribution in [0.25, 0.3) is 0 Å². The lowest BCUT2D eigenvalue weighted by Gasteiger charge is -2.03. The maximum absolute atomic E-state index is 10.4. The molecule has 0 rings (SSSR count). The van der Waals surface area contributed by atoms with Crippen LogP contribution in [0.5, 0.6) is 0 Å². The third-order valence-electron chi connectivity index (χ3n) is 4.28. The van der Waals surface area contributed by atoms with E-state index in [1.807, 2.05) is 0 Å². The van der Waals surface area contributed by atoms with E-state index in [9.17, 15) is 9.59 Å². The molecule has 152 valence electrons. The van der Waals surface area contributed by atoms with Gasteiger partial charge in [0, 0.05) is 12.8 Å². The summed E-state index contributed by atoms with van der Waals surface area (Å²) >= 11 is 0. The Balaban J connectivity index is -0.00000242. The second-order valence-corrected chi connectivity index (χ2v) is 6.59. The summed E-state index contributed by atoms with van der Waals surface area (Å²) in [5.74, 6) is -1.35. The van der Waals surface area contributed by atoms with Crippen molar-refractivity contribution < 1.29 is 19.8 Å². The molecule has 0 aliphatic heterocycles. The lowest BCUT2D eigenvalue weighted by Crippen LogP contribution is -1.93. The maximum Gasteiger partial charge on any atom is 0.303 e. The summed E-state index contributed by atoms with van der Waals surface area (Å²) in [7, 11) is 0. The van der Waals surface area contributed by atoms with Gasteiger partial charge in [-0.05, 0) is 12.8 Å². The Kier molecular flexibility index (Phi) is 27.6. The van der Waals surface area contributed by atoms with Crippen molar-refractivity contribution in [3.63, 3.8) is 0 Å². The normalized spacial score (nSPS) is 9.92. The molecule has 0 aliphatic rings. The minimum absolute atomic E-state index is 0. The van der Waals surface area contributed by atoms with E-state index in [0.717, 1.165) is 25.7 Å². The third kappa shape index (κ3) is 28.6. The number of carboxylic acid groups (broad SMARTS) is 2. The van der Waals surface area contributed by atoms with Crippen LogP contribution < -0.4 is 0 Å². The predicted octanol–water partition coefficient (Wildman–Crippen LogP) is 6.63. The van der Waals surface area contributed by atoms with Crippen molar-refractivity contribution in [2.24, 2.45) is 0 Å². The molecular weight excluding hydrogens is 363 g/mol. The molecule has 25 heavy (non-hydrogen) atoms. The van der Waals surface area contributed by atoms with Crippen LogP contribution in [-0.4, -0.2) is 22.2 Å². The van der Waals surface area contributed by atoms with Gasteiger partial charge in [0.15, 0.2) is 0 Å². The van der Waals surface area contributed by atoms with Gasteiger partial charge in [0.05, 0.1) is 0 Å². The Morgan fingerprint density at radius 2 is 0.560 bits per heavy atom. The minimum atomic E-state index is -0.676. The quantitative estimate of drug-likeness (QED) is 0.253. The van der Waals surface area contributed by atoms with Crippen molar-refractivity contribution >= 4 is 36.8 Å². The van der Waals surface area contributed by atoms with Crippen molar-refractivity contribution in [1.29, 1.82) is 0 Å². The number of carboxylic acids is 2. The first-order valence-corrected chi connectivity index (χ1v) is 9.56. The molecule has 0 amide bonds. The Labute approximate surface area is 166 Å². The fraction of sp³-hybridized carbons (Fsp3) is 0.895. The standard InChI is InChI=1S/C19H36O4.2ClH/c20-18(21)16-14-12-10-8-6-4-2-1-3-5-7-9-11-13-15-17-19(22)23;;/h1-17H2,(H,20,21)(H,22,23);2*1H. The lowest BCUT2D eigenvalue weighted by atomic mass is 10.0. The Hall–Kier alpha value is -0.480. The van der Waals surface area contributed by atoms with Crippen molar-refractivity contribution in [3.05, 3.63) is 0 Å². The SMILES string of the molecule is Cl.Cl.O=C(O)CCCCCCCCCCCCCCCCCC(=O)O. The molecule has 0 aliphatic carbocycles. The highest BCUT2D eigenvalue weighted by Crippen LogP contribution is 2.14. The molecule has 0 saturated carbocycles. The molecule has 0 aromatic heterocycles. The topological polar surface area (TPSA) is 74.6 Å². The number of aliphatic carboxylic acids is 2. The van der Waals surface area contributed by atoms with E-state index in [-0.39, 0.29) is 24.8 Å². The molecule has 6 heteroatoms. The summed E-state index contributed by atoms with van der Waals surface area (Å²) in [6.07, 6.45) is 18.4. The molecule has 0 fully saturated rings. The van der Waals surface area contributed by atoms with Gasteiger partial charge in [-0.1, -0.05) is 83.5 Å². The van der Waals surface area contributed by atoms with Gasteiger partial charge in [-0.2, -0.15) is 0 Å². The van der Waals surface area contributed by atoms with Gasteiger partial charge < -0.3 is 10.2 Å². The van der Waals surface area contributed by atoms with E-state index in [4.69, 9.17) is 10.2 Å². The first kappa shape index (κ1) is 29.3. The smallest absolute Gasteiger partial charge is 0.303 e. The van der Waals surface area contributed by atoms with Gasteiger partial charge in [0.25, 0.3) is 0 Å². The molecular formula is C19H38Cl2O4. The first-order chi connectivity index (χ1) is 11.1. The number of rotatable bonds is 18. The molecule has 0 bridgehead atoms. The summed E-state index contributed by atoms with van der Waals surface area (Å²) < 4.78 is 0. The average molecular weight is 401 g/mol. The van der Waals surface area contributed by atoms with Crippen molar-refractivity contribution in [2.45, 2.75) is 109 Å². The monoisotopic (exact) mass is 400 g/mol. The molecule has 0 unspecified atom stereocenters. The zero-order valence-corrected chi connectivity index (χ0v) is 17.2. The highest BCUT2D eigenvalue weighted by atomic mass is 35.5. The molecule has 0 radical (unpaired) electrons. The zero-order valence-electron chi connectivity index (χ0n) is 15.5. The highest BCUT2D eigenvalue weighted by molar-refractivity contribution is 5.85. The second kappa shape index (κ2) is 23.5. The fourth-order valence-corrected chi connectivity index (χ4v) is 2.85. The Bertz CT molecular complexity index is 271. The van der Waals surface area contributed by atoms with Gasteiger partial charge in [-0.25, -0.2) is 0 Å². The number of carbonyl (C=O) groups is 2. The van der Waals surface area contributed by atoms with Crippen LogP contribution in [0.15, 0.2) is 0 Å². The fourth-order valence-electron chi connectivity index (χ4n) is 2.85. The molecule has 0 aromatic carbocycles. The number of unbranched alkanes of at least 4 members (excludes halogenated alkanes) is 14. The van der Waals surface area contributed by atoms with Crippen LogP contribution >= 0.6 is 24.8 Å². The summed E-state index contributed by atoms with van der Waals surface area (Å²) in [5, 5.41) is 17.1. The van der Waals surface area contributed by atoms with E-state index in [1.165, 1.54) is 70.6 Å². The van der Waals surface area contributed by atoms with Crippen LogP contribution in [0, 0.1) is 0 Å². The third-order valence-corrected chi connectivity index (χ3v) is 4.28. The molecule has 2 N–H and O–H groups in total. The second-order valence-electron chi connectivity index (χ2n) is 6.59. The van der Waals surface area contributed by atoms with Gasteiger partial charge in [0.2, 0.25) is 0 Å². The number of halogens is 2. The summed E-state index contributed by atoms with van der Waals surface area (Å²) in [6, 6.07) is 0. The van der Waals surface area contributed by atoms with E-state index in [1.54, 1.807) is 0 Å². The lowest BCUT2D eigenvalue weighted by molar-refractivity contribution is -0.138. The highest BCUT2D eigenvalue weighted by Gasteiger charge is 1.98. The summed E-state index contributed by atoms with van der Waals surface area (Å²) in [5.41, 5.74) is 0. The van der Waals surface area contributed by atoms with Crippen LogP contribution in [0.3, 0.4) is 0 Å². The van der Waals surface area contributed by atoms with Crippen molar-refractivity contribution in [2.75, 3.05) is 0 Å². The van der Waals surface area contributed by atoms with Crippen LogP contribution in [0.1, 0.15) is 109 Å². The largest absolute Gasteiger partial charge is 0.481 e. The minimum Gasteiger partial charge on any atom is -0.481 e. The van der Waals surface area contributed by atoms with Crippen molar-refractivity contribution in [1.82, 2.24) is 0 Å². The Morgan fingerprint density at radius 3 is 0.720 bits per heavy atom. The summed E-state index contributed by atoms with van der Waals surface area (Å²) in [4.78, 5) is 20.7. The van der Waals surface area contributed by atoms with E-state index >= 15 is 0 Å². The molecule has 0 heterocycles. The predicted molar refractivity (Wildman–Crippen MR) is 108 cm³/mol. The van der Waals surface area contributed by atoms with Gasteiger partial charge in [0.1, 0.15) is 0 Å². The van der Waals surface area contributed by atoms with Gasteiger partial charge in [-0.3, -0.25) is 9.59 Å². The maximum atomic E-state index is 10.4. The van der Waals surface area contributed by atoms with Gasteiger partial charge >= 0.3 is 11.9 Å².